The zero-order valence-electron chi connectivity index (χ0n) is 11.5. The molecule has 0 bridgehead atoms. The molecule has 0 saturated heterocycles. The highest BCUT2D eigenvalue weighted by Crippen LogP contribution is 2.23. The molecular weight excluding hydrogens is 332 g/mol. The second-order valence-electron chi connectivity index (χ2n) is 4.94. The van der Waals surface area contributed by atoms with Crippen molar-refractivity contribution >= 4 is 27.7 Å². The van der Waals surface area contributed by atoms with Crippen LogP contribution in [0.25, 0.3) is 0 Å². The van der Waals surface area contributed by atoms with Gasteiger partial charge in [0, 0.05) is 17.4 Å². The van der Waals surface area contributed by atoms with Gasteiger partial charge in [-0.05, 0) is 53.2 Å². The summed E-state index contributed by atoms with van der Waals surface area (Å²) in [6.07, 6.45) is 0.360. The van der Waals surface area contributed by atoms with Gasteiger partial charge in [-0.2, -0.15) is 11.8 Å². The maximum atomic E-state index is 13.9. The number of nitrogens with one attached hydrogen (secondary N) is 1. The van der Waals surface area contributed by atoms with E-state index in [1.807, 2.05) is 18.8 Å². The molecule has 0 aliphatic heterocycles. The van der Waals surface area contributed by atoms with Gasteiger partial charge in [-0.25, -0.2) is 8.78 Å². The van der Waals surface area contributed by atoms with Crippen molar-refractivity contribution < 1.29 is 8.78 Å². The van der Waals surface area contributed by atoms with Crippen molar-refractivity contribution in [1.29, 1.82) is 0 Å². The van der Waals surface area contributed by atoms with Crippen LogP contribution in [0.4, 0.5) is 8.78 Å². The Kier molecular flexibility index (Phi) is 7.32. The molecule has 5 heteroatoms. The SMILES string of the molecule is CNC(CSCC(C)C)Cc1c(F)ccc(Br)c1F. The van der Waals surface area contributed by atoms with E-state index in [0.717, 1.165) is 11.5 Å². The topological polar surface area (TPSA) is 12.0 Å². The third-order valence-corrected chi connectivity index (χ3v) is 4.92. The van der Waals surface area contributed by atoms with E-state index in [2.05, 4.69) is 35.1 Å². The van der Waals surface area contributed by atoms with E-state index in [9.17, 15) is 8.78 Å². The van der Waals surface area contributed by atoms with Crippen LogP contribution in [-0.4, -0.2) is 24.6 Å². The Morgan fingerprint density at radius 3 is 2.53 bits per heavy atom. The van der Waals surface area contributed by atoms with Crippen molar-refractivity contribution in [3.63, 3.8) is 0 Å². The summed E-state index contributed by atoms with van der Waals surface area (Å²) in [5.74, 6) is 1.56. The maximum absolute atomic E-state index is 13.9. The van der Waals surface area contributed by atoms with E-state index >= 15 is 0 Å². The lowest BCUT2D eigenvalue weighted by molar-refractivity contribution is 0.521. The first-order valence-corrected chi connectivity index (χ1v) is 8.27. The first-order chi connectivity index (χ1) is 8.95. The summed E-state index contributed by atoms with van der Waals surface area (Å²) in [7, 11) is 1.83. The van der Waals surface area contributed by atoms with E-state index in [1.165, 1.54) is 12.1 Å². The molecule has 0 spiro atoms. The Labute approximate surface area is 126 Å². The molecule has 1 nitrogen and oxygen atoms in total. The Morgan fingerprint density at radius 1 is 1.26 bits per heavy atom. The second kappa shape index (κ2) is 8.22. The molecule has 0 aliphatic carbocycles. The third kappa shape index (κ3) is 5.40. The Hall–Kier alpha value is -0.130. The van der Waals surface area contributed by atoms with Gasteiger partial charge in [-0.15, -0.1) is 0 Å². The maximum Gasteiger partial charge on any atom is 0.143 e. The normalized spacial score (nSPS) is 13.0. The minimum absolute atomic E-state index is 0.0713. The van der Waals surface area contributed by atoms with E-state index in [1.54, 1.807) is 0 Å². The van der Waals surface area contributed by atoms with Crippen LogP contribution in [0.15, 0.2) is 16.6 Å². The van der Waals surface area contributed by atoms with Crippen LogP contribution in [0, 0.1) is 17.6 Å². The van der Waals surface area contributed by atoms with Crippen molar-refractivity contribution in [2.45, 2.75) is 26.3 Å². The smallest absolute Gasteiger partial charge is 0.143 e. The lowest BCUT2D eigenvalue weighted by Gasteiger charge is -2.17. The van der Waals surface area contributed by atoms with Crippen molar-refractivity contribution in [3.8, 4) is 0 Å². The fraction of sp³-hybridized carbons (Fsp3) is 0.571. The van der Waals surface area contributed by atoms with Gasteiger partial charge in [0.05, 0.1) is 4.47 Å². The van der Waals surface area contributed by atoms with Gasteiger partial charge in [-0.3, -0.25) is 0 Å². The highest BCUT2D eigenvalue weighted by atomic mass is 79.9. The van der Waals surface area contributed by atoms with Gasteiger partial charge < -0.3 is 5.32 Å². The van der Waals surface area contributed by atoms with Crippen LogP contribution in [0.5, 0.6) is 0 Å². The summed E-state index contributed by atoms with van der Waals surface area (Å²) in [4.78, 5) is 0. The van der Waals surface area contributed by atoms with Gasteiger partial charge in [0.15, 0.2) is 0 Å². The number of rotatable bonds is 7. The number of likely N-dealkylation sites (N-methyl/N-ethyl adjacent to an activating group) is 1. The molecule has 1 atom stereocenters. The molecule has 1 aromatic carbocycles. The van der Waals surface area contributed by atoms with E-state index in [4.69, 9.17) is 0 Å². The number of hydrogen-bond acceptors (Lipinski definition) is 2. The quantitative estimate of drug-likeness (QED) is 0.737. The molecule has 0 amide bonds. The van der Waals surface area contributed by atoms with Gasteiger partial charge in [-0.1, -0.05) is 13.8 Å². The van der Waals surface area contributed by atoms with Crippen LogP contribution < -0.4 is 5.32 Å². The van der Waals surface area contributed by atoms with Gasteiger partial charge in [0.1, 0.15) is 11.6 Å². The average molecular weight is 352 g/mol. The third-order valence-electron chi connectivity index (χ3n) is 2.77. The first kappa shape index (κ1) is 16.9. The minimum Gasteiger partial charge on any atom is -0.316 e. The molecule has 1 unspecified atom stereocenters. The number of hydrogen-bond donors (Lipinski definition) is 1. The molecule has 0 heterocycles. The van der Waals surface area contributed by atoms with Crippen LogP contribution in [0.1, 0.15) is 19.4 Å². The molecular formula is C14H20BrF2NS. The molecule has 0 aromatic heterocycles. The van der Waals surface area contributed by atoms with E-state index in [0.29, 0.717) is 16.8 Å². The lowest BCUT2D eigenvalue weighted by atomic mass is 10.1. The number of benzene rings is 1. The average Bonchev–Trinajstić information content (AvgIpc) is 2.36. The molecule has 1 rings (SSSR count). The highest BCUT2D eigenvalue weighted by Gasteiger charge is 2.17. The summed E-state index contributed by atoms with van der Waals surface area (Å²) in [5, 5.41) is 3.13. The van der Waals surface area contributed by atoms with Crippen LogP contribution in [0.3, 0.4) is 0 Å². The molecule has 0 saturated carbocycles. The summed E-state index contributed by atoms with van der Waals surface area (Å²) in [6.45, 7) is 4.32. The highest BCUT2D eigenvalue weighted by molar-refractivity contribution is 9.10. The summed E-state index contributed by atoms with van der Waals surface area (Å²) in [5.41, 5.74) is 0.152. The van der Waals surface area contributed by atoms with Crippen LogP contribution in [0.2, 0.25) is 0 Å². The second-order valence-corrected chi connectivity index (χ2v) is 6.87. The molecule has 108 valence electrons. The van der Waals surface area contributed by atoms with E-state index < -0.39 is 11.6 Å². The van der Waals surface area contributed by atoms with Crippen LogP contribution in [-0.2, 0) is 6.42 Å². The largest absolute Gasteiger partial charge is 0.316 e. The monoisotopic (exact) mass is 351 g/mol. The van der Waals surface area contributed by atoms with Crippen molar-refractivity contribution in [2.24, 2.45) is 5.92 Å². The van der Waals surface area contributed by atoms with Gasteiger partial charge in [0.25, 0.3) is 0 Å². The standard InChI is InChI=1S/C14H20BrF2NS/c1-9(2)7-19-8-10(18-3)6-11-13(16)5-4-12(15)14(11)17/h4-5,9-10,18H,6-8H2,1-3H3. The fourth-order valence-corrected chi connectivity index (χ4v) is 3.24. The number of thioether (sulfide) groups is 1. The fourth-order valence-electron chi connectivity index (χ4n) is 1.69. The lowest BCUT2D eigenvalue weighted by Crippen LogP contribution is -2.31. The molecule has 19 heavy (non-hydrogen) atoms. The zero-order chi connectivity index (χ0) is 14.4. The predicted octanol–water partition coefficient (Wildman–Crippen LogP) is 4.25. The molecule has 0 aliphatic rings. The summed E-state index contributed by atoms with van der Waals surface area (Å²) in [6, 6.07) is 2.77. The molecule has 1 N–H and O–H groups in total. The Balaban J connectivity index is 2.68. The van der Waals surface area contributed by atoms with Crippen molar-refractivity contribution in [2.75, 3.05) is 18.6 Å². The van der Waals surface area contributed by atoms with Crippen LogP contribution >= 0.6 is 27.7 Å². The molecule has 1 aromatic rings. The van der Waals surface area contributed by atoms with E-state index in [-0.39, 0.29) is 11.6 Å². The Morgan fingerprint density at radius 2 is 1.95 bits per heavy atom. The minimum atomic E-state index is -0.492. The van der Waals surface area contributed by atoms with Gasteiger partial charge in [0.2, 0.25) is 0 Å². The molecule has 0 fully saturated rings. The van der Waals surface area contributed by atoms with Crippen molar-refractivity contribution in [3.05, 3.63) is 33.8 Å². The Bertz CT molecular complexity index is 413. The molecule has 0 radical (unpaired) electrons. The zero-order valence-corrected chi connectivity index (χ0v) is 13.9. The summed E-state index contributed by atoms with van der Waals surface area (Å²) >= 11 is 4.91. The van der Waals surface area contributed by atoms with Gasteiger partial charge >= 0.3 is 0 Å². The predicted molar refractivity (Wildman–Crippen MR) is 82.8 cm³/mol. The summed E-state index contributed by atoms with van der Waals surface area (Å²) < 4.78 is 27.9. The van der Waals surface area contributed by atoms with Crippen molar-refractivity contribution in [1.82, 2.24) is 5.32 Å². The first-order valence-electron chi connectivity index (χ1n) is 6.33. The number of halogens is 3.